The van der Waals surface area contributed by atoms with Crippen LogP contribution in [-0.2, 0) is 0 Å². The molecular formula is C14H16FN3. The van der Waals surface area contributed by atoms with E-state index < -0.39 is 0 Å². The molecule has 1 aromatic heterocycles. The lowest BCUT2D eigenvalue weighted by Crippen LogP contribution is -2.33. The third kappa shape index (κ3) is 1.82. The van der Waals surface area contributed by atoms with Gasteiger partial charge in [0, 0.05) is 36.9 Å². The summed E-state index contributed by atoms with van der Waals surface area (Å²) in [6.45, 7) is 2.03. The Labute approximate surface area is 106 Å². The number of aromatic nitrogens is 1. The Balaban J connectivity index is 2.08. The number of anilines is 1. The van der Waals surface area contributed by atoms with Gasteiger partial charge in [-0.1, -0.05) is 0 Å². The topological polar surface area (TPSA) is 28.2 Å². The molecule has 0 radical (unpaired) electrons. The van der Waals surface area contributed by atoms with Crippen molar-refractivity contribution in [3.05, 3.63) is 36.3 Å². The molecule has 0 aliphatic carbocycles. The summed E-state index contributed by atoms with van der Waals surface area (Å²) in [5.74, 6) is -0.257. The van der Waals surface area contributed by atoms with Crippen LogP contribution in [0.4, 0.5) is 10.1 Å². The predicted molar refractivity (Wildman–Crippen MR) is 71.4 cm³/mol. The van der Waals surface area contributed by atoms with Crippen molar-refractivity contribution in [2.45, 2.75) is 12.5 Å². The Hall–Kier alpha value is -1.68. The van der Waals surface area contributed by atoms with Crippen LogP contribution >= 0.6 is 0 Å². The monoisotopic (exact) mass is 245 g/mol. The number of nitrogens with one attached hydrogen (secondary N) is 1. The average molecular weight is 245 g/mol. The molecule has 1 unspecified atom stereocenters. The number of nitrogens with zero attached hydrogens (tertiary/aromatic N) is 2. The van der Waals surface area contributed by atoms with E-state index in [1.54, 1.807) is 6.20 Å². The van der Waals surface area contributed by atoms with Crippen LogP contribution in [0.5, 0.6) is 0 Å². The van der Waals surface area contributed by atoms with Gasteiger partial charge in [0.25, 0.3) is 0 Å². The van der Waals surface area contributed by atoms with E-state index >= 15 is 0 Å². The number of rotatable bonds is 2. The van der Waals surface area contributed by atoms with E-state index in [1.165, 1.54) is 6.07 Å². The summed E-state index contributed by atoms with van der Waals surface area (Å²) in [5, 5.41) is 4.23. The average Bonchev–Trinajstić information content (AvgIpc) is 2.93. The van der Waals surface area contributed by atoms with Crippen LogP contribution in [0.3, 0.4) is 0 Å². The molecule has 1 aromatic carbocycles. The van der Waals surface area contributed by atoms with Gasteiger partial charge in [0.15, 0.2) is 0 Å². The quantitative estimate of drug-likeness (QED) is 0.879. The van der Waals surface area contributed by atoms with Crippen LogP contribution in [-0.4, -0.2) is 31.2 Å². The molecule has 1 saturated heterocycles. The van der Waals surface area contributed by atoms with Gasteiger partial charge in [-0.25, -0.2) is 4.39 Å². The Morgan fingerprint density at radius 1 is 1.39 bits per heavy atom. The maximum absolute atomic E-state index is 13.7. The van der Waals surface area contributed by atoms with Gasteiger partial charge in [-0.05, 0) is 37.2 Å². The zero-order chi connectivity index (χ0) is 12.5. The van der Waals surface area contributed by atoms with Crippen LogP contribution in [0.1, 0.15) is 6.42 Å². The molecule has 0 bridgehead atoms. The Bertz CT molecular complexity index is 564. The fourth-order valence-corrected chi connectivity index (χ4v) is 2.60. The minimum Gasteiger partial charge on any atom is -0.370 e. The molecular weight excluding hydrogens is 229 g/mol. The van der Waals surface area contributed by atoms with E-state index in [1.807, 2.05) is 18.2 Å². The molecule has 2 heterocycles. The van der Waals surface area contributed by atoms with E-state index in [9.17, 15) is 4.39 Å². The van der Waals surface area contributed by atoms with Crippen LogP contribution in [0.2, 0.25) is 0 Å². The van der Waals surface area contributed by atoms with Crippen molar-refractivity contribution in [3.8, 4) is 0 Å². The first-order valence-electron chi connectivity index (χ1n) is 6.24. The highest BCUT2D eigenvalue weighted by Crippen LogP contribution is 2.28. The Morgan fingerprint density at radius 3 is 3.06 bits per heavy atom. The predicted octanol–water partition coefficient (Wildman–Crippen LogP) is 2.17. The molecule has 4 heteroatoms. The van der Waals surface area contributed by atoms with E-state index in [-0.39, 0.29) is 5.82 Å². The van der Waals surface area contributed by atoms with E-state index in [0.29, 0.717) is 11.6 Å². The molecule has 2 aromatic rings. The summed E-state index contributed by atoms with van der Waals surface area (Å²) in [6.07, 6.45) is 2.75. The Morgan fingerprint density at radius 2 is 2.28 bits per heavy atom. The number of pyridine rings is 1. The highest BCUT2D eigenvalue weighted by Gasteiger charge is 2.21. The van der Waals surface area contributed by atoms with Crippen LogP contribution in [0, 0.1) is 5.82 Å². The molecule has 18 heavy (non-hydrogen) atoms. The van der Waals surface area contributed by atoms with Gasteiger partial charge in [-0.15, -0.1) is 0 Å². The van der Waals surface area contributed by atoms with Gasteiger partial charge >= 0.3 is 0 Å². The van der Waals surface area contributed by atoms with Crippen LogP contribution < -0.4 is 10.2 Å². The maximum atomic E-state index is 13.7. The molecule has 0 saturated carbocycles. The fourth-order valence-electron chi connectivity index (χ4n) is 2.60. The summed E-state index contributed by atoms with van der Waals surface area (Å²) in [5.41, 5.74) is 1.50. The second-order valence-corrected chi connectivity index (χ2v) is 4.72. The number of hydrogen-bond donors (Lipinski definition) is 1. The van der Waals surface area contributed by atoms with Crippen molar-refractivity contribution in [2.75, 3.05) is 25.0 Å². The minimum atomic E-state index is -0.257. The Kier molecular flexibility index (Phi) is 2.88. The van der Waals surface area contributed by atoms with Crippen molar-refractivity contribution < 1.29 is 4.39 Å². The first kappa shape index (κ1) is 11.4. The summed E-state index contributed by atoms with van der Waals surface area (Å²) in [7, 11) is 2.07. The van der Waals surface area contributed by atoms with Gasteiger partial charge in [-0.3, -0.25) is 4.98 Å². The highest BCUT2D eigenvalue weighted by atomic mass is 19.1. The second-order valence-electron chi connectivity index (χ2n) is 4.72. The third-order valence-electron chi connectivity index (χ3n) is 3.66. The van der Waals surface area contributed by atoms with Crippen molar-refractivity contribution >= 4 is 16.6 Å². The molecule has 1 atom stereocenters. The van der Waals surface area contributed by atoms with Gasteiger partial charge in [0.2, 0.25) is 0 Å². The van der Waals surface area contributed by atoms with E-state index in [2.05, 4.69) is 22.2 Å². The molecule has 3 nitrogen and oxygen atoms in total. The molecule has 1 N–H and O–H groups in total. The lowest BCUT2D eigenvalue weighted by atomic mass is 10.1. The number of hydrogen-bond acceptors (Lipinski definition) is 3. The molecule has 1 aliphatic heterocycles. The zero-order valence-electron chi connectivity index (χ0n) is 10.4. The fraction of sp³-hybridized carbons (Fsp3) is 0.357. The van der Waals surface area contributed by atoms with Gasteiger partial charge in [0.1, 0.15) is 11.3 Å². The van der Waals surface area contributed by atoms with Crippen LogP contribution in [0.15, 0.2) is 30.5 Å². The number of fused-ring (bicyclic) bond motifs is 1. The summed E-state index contributed by atoms with van der Waals surface area (Å²) in [6, 6.07) is 7.60. The molecule has 3 rings (SSSR count). The van der Waals surface area contributed by atoms with Crippen molar-refractivity contribution in [3.63, 3.8) is 0 Å². The van der Waals surface area contributed by atoms with E-state index in [4.69, 9.17) is 0 Å². The molecule has 1 fully saturated rings. The summed E-state index contributed by atoms with van der Waals surface area (Å²) >= 11 is 0. The SMILES string of the molecule is CN(c1ccc(F)c2ncccc12)C1CCNC1. The molecule has 0 amide bonds. The maximum Gasteiger partial charge on any atom is 0.149 e. The summed E-state index contributed by atoms with van der Waals surface area (Å²) < 4.78 is 13.7. The number of halogens is 1. The van der Waals surface area contributed by atoms with Crippen molar-refractivity contribution in [1.29, 1.82) is 0 Å². The van der Waals surface area contributed by atoms with Crippen molar-refractivity contribution in [1.82, 2.24) is 10.3 Å². The first-order chi connectivity index (χ1) is 8.77. The van der Waals surface area contributed by atoms with Crippen LogP contribution in [0.25, 0.3) is 10.9 Å². The summed E-state index contributed by atoms with van der Waals surface area (Å²) in [4.78, 5) is 6.36. The van der Waals surface area contributed by atoms with Gasteiger partial charge in [0.05, 0.1) is 0 Å². The lowest BCUT2D eigenvalue weighted by molar-refractivity contribution is 0.635. The smallest absolute Gasteiger partial charge is 0.149 e. The second kappa shape index (κ2) is 4.53. The number of benzene rings is 1. The largest absolute Gasteiger partial charge is 0.370 e. The lowest BCUT2D eigenvalue weighted by Gasteiger charge is -2.27. The standard InChI is InChI=1S/C14H16FN3/c1-18(10-6-8-16-9-10)13-5-4-12(15)14-11(13)3-2-7-17-14/h2-5,7,10,16H,6,8-9H2,1H3. The highest BCUT2D eigenvalue weighted by molar-refractivity contribution is 5.92. The van der Waals surface area contributed by atoms with Gasteiger partial charge in [-0.2, -0.15) is 0 Å². The van der Waals surface area contributed by atoms with E-state index in [0.717, 1.165) is 30.6 Å². The first-order valence-corrected chi connectivity index (χ1v) is 6.24. The minimum absolute atomic E-state index is 0.257. The van der Waals surface area contributed by atoms with Gasteiger partial charge < -0.3 is 10.2 Å². The zero-order valence-corrected chi connectivity index (χ0v) is 10.4. The molecule has 94 valence electrons. The number of likely N-dealkylation sites (N-methyl/N-ethyl adjacent to an activating group) is 1. The molecule has 1 aliphatic rings. The molecule has 0 spiro atoms. The van der Waals surface area contributed by atoms with Crippen molar-refractivity contribution in [2.24, 2.45) is 0 Å². The normalized spacial score (nSPS) is 19.3. The third-order valence-corrected chi connectivity index (χ3v) is 3.66.